The number of halogens is 1. The Kier molecular flexibility index (Phi) is 6.37. The van der Waals surface area contributed by atoms with Crippen molar-refractivity contribution in [3.8, 4) is 5.75 Å². The van der Waals surface area contributed by atoms with Crippen molar-refractivity contribution in [2.45, 2.75) is 51.1 Å². The highest BCUT2D eigenvalue weighted by Gasteiger charge is 2.30. The van der Waals surface area contributed by atoms with E-state index in [1.54, 1.807) is 12.0 Å². The van der Waals surface area contributed by atoms with Gasteiger partial charge < -0.3 is 14.5 Å². The first-order valence-electron chi connectivity index (χ1n) is 9.27. The summed E-state index contributed by atoms with van der Waals surface area (Å²) in [6, 6.07) is 7.30. The van der Waals surface area contributed by atoms with Crippen LogP contribution in [0.3, 0.4) is 0 Å². The zero-order chi connectivity index (χ0) is 16.1. The molecule has 128 valence electrons. The second-order valence-corrected chi connectivity index (χ2v) is 8.15. The zero-order valence-electron chi connectivity index (χ0n) is 14.4. The Bertz CT molecular complexity index is 492. The maximum Gasteiger partial charge on any atom is 0.127 e. The van der Waals surface area contributed by atoms with Crippen LogP contribution in [-0.2, 0) is 6.54 Å². The average molecular weight is 383 g/mol. The molecule has 0 atom stereocenters. The van der Waals surface area contributed by atoms with Gasteiger partial charge in [0.1, 0.15) is 38.5 Å². The molecule has 1 aliphatic carbocycles. The highest BCUT2D eigenvalue weighted by molar-refractivity contribution is 9.10. The van der Waals surface area contributed by atoms with Crippen molar-refractivity contribution in [3.05, 3.63) is 28.2 Å². The molecule has 1 aromatic rings. The molecule has 2 aliphatic rings. The van der Waals surface area contributed by atoms with E-state index >= 15 is 0 Å². The third-order valence-corrected chi connectivity index (χ3v) is 6.21. The van der Waals surface area contributed by atoms with Crippen molar-refractivity contribution in [1.82, 2.24) is 0 Å². The van der Waals surface area contributed by atoms with Crippen LogP contribution in [-0.4, -0.2) is 39.3 Å². The molecule has 4 heteroatoms. The molecule has 0 spiro atoms. The quantitative estimate of drug-likeness (QED) is 0.754. The van der Waals surface area contributed by atoms with Crippen LogP contribution in [0.15, 0.2) is 22.7 Å². The van der Waals surface area contributed by atoms with Crippen LogP contribution < -0.4 is 14.5 Å². The van der Waals surface area contributed by atoms with E-state index in [0.717, 1.165) is 22.8 Å². The third kappa shape index (κ3) is 4.71. The molecule has 0 aromatic heterocycles. The smallest absolute Gasteiger partial charge is 0.127 e. The lowest BCUT2D eigenvalue weighted by Crippen LogP contribution is -3.29. The first-order valence-corrected chi connectivity index (χ1v) is 10.1. The molecule has 3 rings (SSSR count). The summed E-state index contributed by atoms with van der Waals surface area (Å²) in [6.07, 6.45) is 8.77. The summed E-state index contributed by atoms with van der Waals surface area (Å²) < 4.78 is 6.68. The minimum Gasteiger partial charge on any atom is -0.496 e. The predicted octanol–water partition coefficient (Wildman–Crippen LogP) is 1.46. The average Bonchev–Trinajstić information content (AvgIpc) is 2.85. The van der Waals surface area contributed by atoms with Gasteiger partial charge in [0.25, 0.3) is 0 Å². The zero-order valence-corrected chi connectivity index (χ0v) is 16.0. The lowest BCUT2D eigenvalue weighted by molar-refractivity contribution is -1.03. The number of methoxy groups -OCH3 is 1. The molecule has 1 heterocycles. The van der Waals surface area contributed by atoms with Crippen molar-refractivity contribution >= 4 is 15.9 Å². The second kappa shape index (κ2) is 8.50. The number of rotatable bonds is 4. The van der Waals surface area contributed by atoms with Crippen molar-refractivity contribution in [3.63, 3.8) is 0 Å². The lowest BCUT2D eigenvalue weighted by Gasteiger charge is -2.34. The largest absolute Gasteiger partial charge is 0.496 e. The van der Waals surface area contributed by atoms with Gasteiger partial charge in [-0.25, -0.2) is 0 Å². The summed E-state index contributed by atoms with van der Waals surface area (Å²) >= 11 is 3.59. The van der Waals surface area contributed by atoms with Crippen molar-refractivity contribution in [2.75, 3.05) is 33.3 Å². The topological polar surface area (TPSA) is 18.1 Å². The van der Waals surface area contributed by atoms with Gasteiger partial charge in [-0.05, 0) is 43.9 Å². The van der Waals surface area contributed by atoms with Crippen molar-refractivity contribution < 1.29 is 14.5 Å². The minimum absolute atomic E-state index is 0.944. The normalized spacial score (nSPS) is 26.7. The summed E-state index contributed by atoms with van der Waals surface area (Å²) in [7, 11) is 1.77. The van der Waals surface area contributed by atoms with Gasteiger partial charge in [0.05, 0.1) is 13.2 Å². The molecule has 1 aromatic carbocycles. The van der Waals surface area contributed by atoms with E-state index in [-0.39, 0.29) is 0 Å². The summed E-state index contributed by atoms with van der Waals surface area (Å²) in [5.74, 6) is 1.03. The van der Waals surface area contributed by atoms with E-state index in [1.165, 1.54) is 70.3 Å². The molecule has 0 bridgehead atoms. The summed E-state index contributed by atoms with van der Waals surface area (Å²) in [6.45, 7) is 6.36. The number of hydrogen-bond acceptors (Lipinski definition) is 1. The van der Waals surface area contributed by atoms with Crippen molar-refractivity contribution in [1.29, 1.82) is 0 Å². The number of hydrogen-bond donors (Lipinski definition) is 2. The molecular formula is C19H31BrN2O+2. The monoisotopic (exact) mass is 382 g/mol. The summed E-state index contributed by atoms with van der Waals surface area (Å²) in [5.41, 5.74) is 1.33. The van der Waals surface area contributed by atoms with E-state index in [9.17, 15) is 0 Å². The SMILES string of the molecule is COc1ccc(Br)cc1C[NH+]1CC[NH+](C2CCCCCC2)CC1. The van der Waals surface area contributed by atoms with Gasteiger partial charge in [-0.2, -0.15) is 0 Å². The molecule has 3 nitrogen and oxygen atoms in total. The first kappa shape index (κ1) is 17.2. The molecule has 1 saturated carbocycles. The number of nitrogens with one attached hydrogen (secondary N) is 2. The molecule has 2 fully saturated rings. The van der Waals surface area contributed by atoms with E-state index in [1.807, 2.05) is 4.90 Å². The lowest BCUT2D eigenvalue weighted by atomic mass is 10.1. The van der Waals surface area contributed by atoms with Crippen LogP contribution >= 0.6 is 15.9 Å². The van der Waals surface area contributed by atoms with E-state index in [2.05, 4.69) is 34.1 Å². The van der Waals surface area contributed by atoms with Crippen LogP contribution in [0.4, 0.5) is 0 Å². The Morgan fingerprint density at radius 1 is 1.04 bits per heavy atom. The number of ether oxygens (including phenoxy) is 1. The van der Waals surface area contributed by atoms with E-state index in [0.29, 0.717) is 0 Å². The highest BCUT2D eigenvalue weighted by atomic mass is 79.9. The first-order chi connectivity index (χ1) is 11.3. The Morgan fingerprint density at radius 3 is 2.39 bits per heavy atom. The molecular weight excluding hydrogens is 352 g/mol. The van der Waals surface area contributed by atoms with E-state index < -0.39 is 0 Å². The van der Waals surface area contributed by atoms with Crippen LogP contribution in [0.1, 0.15) is 44.1 Å². The van der Waals surface area contributed by atoms with Gasteiger partial charge in [-0.15, -0.1) is 0 Å². The van der Waals surface area contributed by atoms with Gasteiger partial charge in [0.2, 0.25) is 0 Å². The van der Waals surface area contributed by atoms with Crippen LogP contribution in [0.25, 0.3) is 0 Å². The maximum atomic E-state index is 5.53. The molecule has 1 saturated heterocycles. The summed E-state index contributed by atoms with van der Waals surface area (Å²) in [5, 5.41) is 0. The summed E-state index contributed by atoms with van der Waals surface area (Å²) in [4.78, 5) is 3.59. The standard InChI is InChI=1S/C19H29BrN2O/c1-23-19-9-8-17(20)14-16(19)15-21-10-12-22(13-11-21)18-6-4-2-3-5-7-18/h8-9,14,18H,2-7,10-13,15H2,1H3/p+2. The Hall–Kier alpha value is -0.580. The minimum atomic E-state index is 0.944. The Labute approximate surface area is 149 Å². The fourth-order valence-electron chi connectivity index (χ4n) is 4.35. The number of benzene rings is 1. The van der Waals surface area contributed by atoms with Gasteiger partial charge in [-0.3, -0.25) is 0 Å². The molecule has 0 unspecified atom stereocenters. The fourth-order valence-corrected chi connectivity index (χ4v) is 4.76. The van der Waals surface area contributed by atoms with Gasteiger partial charge in [-0.1, -0.05) is 28.8 Å². The molecule has 1 aliphatic heterocycles. The number of quaternary nitrogens is 2. The number of piperazine rings is 1. The van der Waals surface area contributed by atoms with Gasteiger partial charge in [0.15, 0.2) is 0 Å². The Balaban J connectivity index is 1.54. The molecule has 2 N–H and O–H groups in total. The molecule has 0 radical (unpaired) electrons. The molecule has 23 heavy (non-hydrogen) atoms. The second-order valence-electron chi connectivity index (χ2n) is 7.23. The highest BCUT2D eigenvalue weighted by Crippen LogP contribution is 2.22. The van der Waals surface area contributed by atoms with Crippen molar-refractivity contribution in [2.24, 2.45) is 0 Å². The molecule has 0 amide bonds. The van der Waals surface area contributed by atoms with Gasteiger partial charge >= 0.3 is 0 Å². The Morgan fingerprint density at radius 2 is 1.74 bits per heavy atom. The van der Waals surface area contributed by atoms with Gasteiger partial charge in [0, 0.05) is 10.0 Å². The fraction of sp³-hybridized carbons (Fsp3) is 0.684. The maximum absolute atomic E-state index is 5.53. The van der Waals surface area contributed by atoms with Crippen LogP contribution in [0.5, 0.6) is 5.75 Å². The van der Waals surface area contributed by atoms with Crippen LogP contribution in [0.2, 0.25) is 0 Å². The van der Waals surface area contributed by atoms with E-state index in [4.69, 9.17) is 4.74 Å². The van der Waals surface area contributed by atoms with Crippen LogP contribution in [0, 0.1) is 0 Å². The predicted molar refractivity (Wildman–Crippen MR) is 97.3 cm³/mol. The third-order valence-electron chi connectivity index (χ3n) is 5.71.